The van der Waals surface area contributed by atoms with Gasteiger partial charge in [0.1, 0.15) is 0 Å². The first-order chi connectivity index (χ1) is 9.88. The monoisotopic (exact) mass is 331 g/mol. The fraction of sp³-hybridized carbons (Fsp3) is 0.500. The van der Waals surface area contributed by atoms with Crippen molar-refractivity contribution < 1.29 is 17.9 Å². The van der Waals surface area contributed by atoms with Crippen molar-refractivity contribution in [3.8, 4) is 0 Å². The van der Waals surface area contributed by atoms with Crippen LogP contribution in [-0.4, -0.2) is 33.6 Å². The molecule has 0 radical (unpaired) electrons. The molecule has 1 N–H and O–H groups in total. The molecule has 0 spiro atoms. The molecule has 0 aromatic heterocycles. The van der Waals surface area contributed by atoms with Gasteiger partial charge in [0.05, 0.1) is 4.90 Å². The van der Waals surface area contributed by atoms with Crippen LogP contribution in [0, 0.1) is 5.92 Å². The molecule has 1 saturated heterocycles. The zero-order chi connectivity index (χ0) is 15.5. The van der Waals surface area contributed by atoms with Gasteiger partial charge in [-0.05, 0) is 43.9 Å². The molecule has 1 aromatic rings. The van der Waals surface area contributed by atoms with Gasteiger partial charge in [-0.2, -0.15) is 0 Å². The molecule has 1 unspecified atom stereocenters. The highest BCUT2D eigenvalue weighted by molar-refractivity contribution is 8.13. The Balaban J connectivity index is 2.06. The average Bonchev–Trinajstić information content (AvgIpc) is 2.47. The van der Waals surface area contributed by atoms with E-state index in [1.165, 1.54) is 18.2 Å². The van der Waals surface area contributed by atoms with Gasteiger partial charge in [0.25, 0.3) is 15.0 Å². The molecule has 1 aliphatic heterocycles. The Morgan fingerprint density at radius 2 is 2.05 bits per heavy atom. The van der Waals surface area contributed by atoms with Crippen molar-refractivity contribution in [2.75, 3.05) is 13.2 Å². The second-order valence-electron chi connectivity index (χ2n) is 5.18. The van der Waals surface area contributed by atoms with E-state index in [9.17, 15) is 13.2 Å². The Labute approximate surface area is 129 Å². The molecule has 1 fully saturated rings. The second kappa shape index (κ2) is 6.77. The van der Waals surface area contributed by atoms with E-state index in [4.69, 9.17) is 15.4 Å². The lowest BCUT2D eigenvalue weighted by Gasteiger charge is -2.28. The number of hydrogen-bond donors (Lipinski definition) is 1. The summed E-state index contributed by atoms with van der Waals surface area (Å²) in [5.74, 6) is 0.0822. The van der Waals surface area contributed by atoms with Gasteiger partial charge >= 0.3 is 0 Å². The van der Waals surface area contributed by atoms with Crippen LogP contribution in [0.2, 0.25) is 0 Å². The van der Waals surface area contributed by atoms with E-state index in [1.807, 2.05) is 6.92 Å². The van der Waals surface area contributed by atoms with Crippen LogP contribution in [0.3, 0.4) is 0 Å². The molecule has 0 aliphatic carbocycles. The summed E-state index contributed by atoms with van der Waals surface area (Å²) in [6, 6.07) is 5.73. The van der Waals surface area contributed by atoms with E-state index in [1.54, 1.807) is 6.07 Å². The van der Waals surface area contributed by atoms with E-state index in [2.05, 4.69) is 5.32 Å². The molecule has 116 valence electrons. The Morgan fingerprint density at radius 3 is 2.67 bits per heavy atom. The van der Waals surface area contributed by atoms with Crippen molar-refractivity contribution in [1.82, 2.24) is 5.32 Å². The number of hydrogen-bond acceptors (Lipinski definition) is 4. The molecule has 1 atom stereocenters. The van der Waals surface area contributed by atoms with Gasteiger partial charge in [-0.25, -0.2) is 8.42 Å². The van der Waals surface area contributed by atoms with Crippen LogP contribution in [0.5, 0.6) is 0 Å². The molecular weight excluding hydrogens is 314 g/mol. The quantitative estimate of drug-likeness (QED) is 0.858. The molecule has 0 bridgehead atoms. The van der Waals surface area contributed by atoms with Crippen molar-refractivity contribution in [2.24, 2.45) is 5.92 Å². The van der Waals surface area contributed by atoms with Crippen molar-refractivity contribution in [3.05, 3.63) is 29.8 Å². The third-order valence-corrected chi connectivity index (χ3v) is 5.06. The van der Waals surface area contributed by atoms with Crippen LogP contribution in [-0.2, 0) is 13.8 Å². The number of carbonyl (C=O) groups excluding carboxylic acids is 1. The first kappa shape index (κ1) is 16.3. The van der Waals surface area contributed by atoms with Gasteiger partial charge in [0, 0.05) is 35.5 Å². The Bertz CT molecular complexity index is 611. The molecule has 2 rings (SSSR count). The lowest BCUT2D eigenvalue weighted by molar-refractivity contribution is 0.0538. The van der Waals surface area contributed by atoms with E-state index in [0.29, 0.717) is 19.1 Å². The maximum Gasteiger partial charge on any atom is 0.261 e. The maximum absolute atomic E-state index is 12.2. The second-order valence-corrected chi connectivity index (χ2v) is 7.74. The predicted molar refractivity (Wildman–Crippen MR) is 80.0 cm³/mol. The average molecular weight is 332 g/mol. The number of nitrogens with one attached hydrogen (secondary N) is 1. The van der Waals surface area contributed by atoms with E-state index in [-0.39, 0.29) is 22.4 Å². The molecule has 1 aromatic carbocycles. The van der Waals surface area contributed by atoms with E-state index in [0.717, 1.165) is 12.8 Å². The molecule has 1 amide bonds. The lowest BCUT2D eigenvalue weighted by Crippen LogP contribution is -2.40. The standard InChI is InChI=1S/C14H18ClNO4S/c1-10(11-5-7-20-8-6-11)16-14(17)12-3-2-4-13(9-12)21(15,18)19/h2-4,9-11H,5-8H2,1H3,(H,16,17). The van der Waals surface area contributed by atoms with Crippen molar-refractivity contribution in [1.29, 1.82) is 0 Å². The number of amides is 1. The van der Waals surface area contributed by atoms with Crippen LogP contribution in [0.1, 0.15) is 30.1 Å². The fourth-order valence-electron chi connectivity index (χ4n) is 2.41. The summed E-state index contributed by atoms with van der Waals surface area (Å²) in [6.07, 6.45) is 1.83. The van der Waals surface area contributed by atoms with E-state index >= 15 is 0 Å². The van der Waals surface area contributed by atoms with Crippen LogP contribution in [0.25, 0.3) is 0 Å². The molecule has 5 nitrogen and oxygen atoms in total. The Hall–Kier alpha value is -1.11. The Morgan fingerprint density at radius 1 is 1.38 bits per heavy atom. The van der Waals surface area contributed by atoms with Crippen LogP contribution in [0.4, 0.5) is 0 Å². The normalized spacial score (nSPS) is 18.2. The highest BCUT2D eigenvalue weighted by Gasteiger charge is 2.22. The molecular formula is C14H18ClNO4S. The number of halogens is 1. The zero-order valence-electron chi connectivity index (χ0n) is 11.7. The van der Waals surface area contributed by atoms with Crippen LogP contribution >= 0.6 is 10.7 Å². The number of ether oxygens (including phenoxy) is 1. The predicted octanol–water partition coefficient (Wildman–Crippen LogP) is 2.16. The number of benzene rings is 1. The zero-order valence-corrected chi connectivity index (χ0v) is 13.3. The van der Waals surface area contributed by atoms with E-state index < -0.39 is 9.05 Å². The van der Waals surface area contributed by atoms with Crippen molar-refractivity contribution in [2.45, 2.75) is 30.7 Å². The summed E-state index contributed by atoms with van der Waals surface area (Å²) in [5.41, 5.74) is 0.288. The summed E-state index contributed by atoms with van der Waals surface area (Å²) >= 11 is 0. The summed E-state index contributed by atoms with van der Waals surface area (Å²) in [6.45, 7) is 3.38. The van der Waals surface area contributed by atoms with Gasteiger partial charge in [0.2, 0.25) is 0 Å². The molecule has 1 heterocycles. The van der Waals surface area contributed by atoms with Crippen molar-refractivity contribution in [3.63, 3.8) is 0 Å². The maximum atomic E-state index is 12.2. The highest BCUT2D eigenvalue weighted by atomic mass is 35.7. The third kappa shape index (κ3) is 4.43. The molecule has 7 heteroatoms. The topological polar surface area (TPSA) is 72.5 Å². The minimum Gasteiger partial charge on any atom is -0.381 e. The third-order valence-electron chi connectivity index (χ3n) is 3.71. The largest absolute Gasteiger partial charge is 0.381 e. The van der Waals surface area contributed by atoms with Gasteiger partial charge in [-0.15, -0.1) is 0 Å². The van der Waals surface area contributed by atoms with Gasteiger partial charge < -0.3 is 10.1 Å². The van der Waals surface area contributed by atoms with Crippen LogP contribution < -0.4 is 5.32 Å². The van der Waals surface area contributed by atoms with Crippen molar-refractivity contribution >= 4 is 25.6 Å². The number of rotatable bonds is 4. The highest BCUT2D eigenvalue weighted by Crippen LogP contribution is 2.20. The summed E-state index contributed by atoms with van der Waals surface area (Å²) in [4.78, 5) is 12.1. The smallest absolute Gasteiger partial charge is 0.261 e. The summed E-state index contributed by atoms with van der Waals surface area (Å²) in [7, 11) is 1.46. The molecule has 21 heavy (non-hydrogen) atoms. The molecule has 0 saturated carbocycles. The fourth-order valence-corrected chi connectivity index (χ4v) is 3.21. The Kier molecular flexibility index (Phi) is 5.24. The number of carbonyl (C=O) groups is 1. The molecule has 1 aliphatic rings. The summed E-state index contributed by atoms with van der Waals surface area (Å²) in [5, 5.41) is 2.91. The minimum atomic E-state index is -3.83. The van der Waals surface area contributed by atoms with Gasteiger partial charge in [-0.3, -0.25) is 4.79 Å². The minimum absolute atomic E-state index is 0.0117. The lowest BCUT2D eigenvalue weighted by atomic mass is 9.93. The van der Waals surface area contributed by atoms with Gasteiger partial charge in [-0.1, -0.05) is 6.07 Å². The summed E-state index contributed by atoms with van der Waals surface area (Å²) < 4.78 is 27.9. The SMILES string of the molecule is CC(NC(=O)c1cccc(S(=O)(=O)Cl)c1)C1CCOCC1. The first-order valence-corrected chi connectivity index (χ1v) is 9.12. The van der Waals surface area contributed by atoms with Gasteiger partial charge in [0.15, 0.2) is 0 Å². The first-order valence-electron chi connectivity index (χ1n) is 6.81. The van der Waals surface area contributed by atoms with Crippen LogP contribution in [0.15, 0.2) is 29.2 Å².